The molecule has 2 aromatic rings. The molecule has 0 aromatic heterocycles. The van der Waals surface area contributed by atoms with Gasteiger partial charge in [-0.2, -0.15) is 5.26 Å². The smallest absolute Gasteiger partial charge is 0.238 e. The van der Waals surface area contributed by atoms with Crippen LogP contribution in [0.5, 0.6) is 0 Å². The number of nitrogens with one attached hydrogen (secondary N) is 2. The molecule has 106 valence electrons. The third-order valence-corrected chi connectivity index (χ3v) is 2.86. The molecule has 1 amide bonds. The number of carbonyl (C=O) groups is 1. The number of hydrogen-bond donors (Lipinski definition) is 2. The second-order valence-electron chi connectivity index (χ2n) is 4.43. The number of nitrogens with zero attached hydrogens (tertiary/aromatic N) is 1. The van der Waals surface area contributed by atoms with Crippen LogP contribution in [0.15, 0.2) is 48.5 Å². The van der Waals surface area contributed by atoms with Crippen molar-refractivity contribution in [1.29, 1.82) is 5.26 Å². The first-order valence-corrected chi connectivity index (χ1v) is 6.43. The molecule has 0 spiro atoms. The van der Waals surface area contributed by atoms with Gasteiger partial charge in [-0.25, -0.2) is 4.39 Å². The highest BCUT2D eigenvalue weighted by Gasteiger charge is 2.04. The van der Waals surface area contributed by atoms with Gasteiger partial charge in [0.05, 0.1) is 18.2 Å². The molecule has 2 aromatic carbocycles. The topological polar surface area (TPSA) is 64.9 Å². The van der Waals surface area contributed by atoms with Crippen LogP contribution in [0, 0.1) is 17.1 Å². The van der Waals surface area contributed by atoms with E-state index in [4.69, 9.17) is 5.26 Å². The molecule has 5 heteroatoms. The summed E-state index contributed by atoms with van der Waals surface area (Å²) >= 11 is 0. The summed E-state index contributed by atoms with van der Waals surface area (Å²) in [4.78, 5) is 11.7. The fourth-order valence-electron chi connectivity index (χ4n) is 1.79. The Hall–Kier alpha value is -2.71. The quantitative estimate of drug-likeness (QED) is 0.885. The van der Waals surface area contributed by atoms with Gasteiger partial charge >= 0.3 is 0 Å². The molecule has 4 nitrogen and oxygen atoms in total. The van der Waals surface area contributed by atoms with Gasteiger partial charge in [-0.3, -0.25) is 4.79 Å². The molecule has 0 radical (unpaired) electrons. The first-order valence-electron chi connectivity index (χ1n) is 6.43. The summed E-state index contributed by atoms with van der Waals surface area (Å²) in [6.45, 7) is 0.363. The largest absolute Gasteiger partial charge is 0.325 e. The predicted molar refractivity (Wildman–Crippen MR) is 77.9 cm³/mol. The van der Waals surface area contributed by atoms with E-state index in [1.54, 1.807) is 42.5 Å². The van der Waals surface area contributed by atoms with Crippen LogP contribution < -0.4 is 10.6 Å². The monoisotopic (exact) mass is 283 g/mol. The molecule has 0 fully saturated rings. The van der Waals surface area contributed by atoms with E-state index < -0.39 is 0 Å². The average molecular weight is 283 g/mol. The molecule has 0 bridgehead atoms. The van der Waals surface area contributed by atoms with Crippen molar-refractivity contribution in [3.8, 4) is 6.07 Å². The minimum atomic E-state index is -0.294. The van der Waals surface area contributed by atoms with Gasteiger partial charge in [0.25, 0.3) is 0 Å². The Labute approximate surface area is 122 Å². The van der Waals surface area contributed by atoms with Crippen LogP contribution in [0.25, 0.3) is 0 Å². The van der Waals surface area contributed by atoms with Crippen LogP contribution in [0.2, 0.25) is 0 Å². The van der Waals surface area contributed by atoms with Crippen LogP contribution in [-0.4, -0.2) is 12.5 Å². The second kappa shape index (κ2) is 7.17. The summed E-state index contributed by atoms with van der Waals surface area (Å²) in [5, 5.41) is 14.2. The molecule has 0 saturated carbocycles. The SMILES string of the molecule is N#Cc1ccc(NC(=O)CNCc2ccccc2F)cc1. The van der Waals surface area contributed by atoms with Crippen molar-refractivity contribution in [1.82, 2.24) is 5.32 Å². The molecule has 0 saturated heterocycles. The third kappa shape index (κ3) is 4.41. The first kappa shape index (κ1) is 14.7. The summed E-state index contributed by atoms with van der Waals surface area (Å²) in [6.07, 6.45) is 0. The summed E-state index contributed by atoms with van der Waals surface area (Å²) in [5.74, 6) is -0.520. The lowest BCUT2D eigenvalue weighted by Gasteiger charge is -2.07. The van der Waals surface area contributed by atoms with E-state index in [0.717, 1.165) is 0 Å². The highest BCUT2D eigenvalue weighted by molar-refractivity contribution is 5.92. The Bertz CT molecular complexity index is 662. The van der Waals surface area contributed by atoms with E-state index in [9.17, 15) is 9.18 Å². The van der Waals surface area contributed by atoms with Gasteiger partial charge in [0.15, 0.2) is 0 Å². The second-order valence-corrected chi connectivity index (χ2v) is 4.43. The Balaban J connectivity index is 1.80. The normalized spacial score (nSPS) is 9.90. The zero-order chi connectivity index (χ0) is 15.1. The van der Waals surface area contributed by atoms with E-state index in [0.29, 0.717) is 16.8 Å². The predicted octanol–water partition coefficient (Wildman–Crippen LogP) is 2.43. The number of hydrogen-bond acceptors (Lipinski definition) is 3. The number of nitriles is 1. The molecular weight excluding hydrogens is 269 g/mol. The summed E-state index contributed by atoms with van der Waals surface area (Å²) in [7, 11) is 0. The van der Waals surface area contributed by atoms with Gasteiger partial charge in [0, 0.05) is 17.8 Å². The van der Waals surface area contributed by atoms with Crippen molar-refractivity contribution in [2.75, 3.05) is 11.9 Å². The Kier molecular flexibility index (Phi) is 5.02. The lowest BCUT2D eigenvalue weighted by atomic mass is 10.2. The van der Waals surface area contributed by atoms with Crippen LogP contribution >= 0.6 is 0 Å². The van der Waals surface area contributed by atoms with Gasteiger partial charge in [0.2, 0.25) is 5.91 Å². The highest BCUT2D eigenvalue weighted by Crippen LogP contribution is 2.08. The lowest BCUT2D eigenvalue weighted by molar-refractivity contribution is -0.115. The highest BCUT2D eigenvalue weighted by atomic mass is 19.1. The molecule has 21 heavy (non-hydrogen) atoms. The van der Waals surface area contributed by atoms with Crippen molar-refractivity contribution in [2.24, 2.45) is 0 Å². The summed E-state index contributed by atoms with van der Waals surface area (Å²) < 4.78 is 13.4. The maximum atomic E-state index is 13.4. The van der Waals surface area contributed by atoms with E-state index in [2.05, 4.69) is 10.6 Å². The van der Waals surface area contributed by atoms with Gasteiger partial charge in [-0.15, -0.1) is 0 Å². The average Bonchev–Trinajstić information content (AvgIpc) is 2.50. The van der Waals surface area contributed by atoms with Crippen molar-refractivity contribution in [2.45, 2.75) is 6.54 Å². The van der Waals surface area contributed by atoms with E-state index in [-0.39, 0.29) is 24.8 Å². The van der Waals surface area contributed by atoms with Crippen molar-refractivity contribution in [3.63, 3.8) is 0 Å². The molecule has 0 atom stereocenters. The minimum Gasteiger partial charge on any atom is -0.325 e. The minimum absolute atomic E-state index is 0.0777. The number of amides is 1. The van der Waals surface area contributed by atoms with E-state index in [1.807, 2.05) is 6.07 Å². The molecule has 0 heterocycles. The van der Waals surface area contributed by atoms with E-state index >= 15 is 0 Å². The Morgan fingerprint density at radius 2 is 1.86 bits per heavy atom. The zero-order valence-electron chi connectivity index (χ0n) is 11.3. The van der Waals surface area contributed by atoms with E-state index in [1.165, 1.54) is 6.07 Å². The molecule has 2 N–H and O–H groups in total. The molecule has 2 rings (SSSR count). The van der Waals surface area contributed by atoms with Gasteiger partial charge in [0.1, 0.15) is 5.82 Å². The third-order valence-electron chi connectivity index (χ3n) is 2.86. The van der Waals surface area contributed by atoms with Gasteiger partial charge in [-0.05, 0) is 30.3 Å². The number of benzene rings is 2. The number of anilines is 1. The van der Waals surface area contributed by atoms with Crippen molar-refractivity contribution >= 4 is 11.6 Å². The molecule has 0 aliphatic rings. The van der Waals surface area contributed by atoms with Crippen molar-refractivity contribution < 1.29 is 9.18 Å². The molecule has 0 aliphatic carbocycles. The summed E-state index contributed by atoms with van der Waals surface area (Å²) in [5.41, 5.74) is 1.67. The fraction of sp³-hybridized carbons (Fsp3) is 0.125. The number of carbonyl (C=O) groups excluding carboxylic acids is 1. The maximum absolute atomic E-state index is 13.4. The molecule has 0 aliphatic heterocycles. The lowest BCUT2D eigenvalue weighted by Crippen LogP contribution is -2.28. The first-order chi connectivity index (χ1) is 10.2. The summed E-state index contributed by atoms with van der Waals surface area (Å²) in [6, 6.07) is 15.0. The Morgan fingerprint density at radius 1 is 1.14 bits per heavy atom. The van der Waals surface area contributed by atoms with Gasteiger partial charge in [-0.1, -0.05) is 18.2 Å². The maximum Gasteiger partial charge on any atom is 0.238 e. The number of rotatable bonds is 5. The molecular formula is C16H14FN3O. The van der Waals surface area contributed by atoms with Crippen LogP contribution in [0.1, 0.15) is 11.1 Å². The van der Waals surface area contributed by atoms with Crippen molar-refractivity contribution in [3.05, 3.63) is 65.5 Å². The van der Waals surface area contributed by atoms with Crippen LogP contribution in [0.4, 0.5) is 10.1 Å². The number of halogens is 1. The van der Waals surface area contributed by atoms with Crippen LogP contribution in [0.3, 0.4) is 0 Å². The fourth-order valence-corrected chi connectivity index (χ4v) is 1.79. The standard InChI is InChI=1S/C16H14FN3O/c17-15-4-2-1-3-13(15)10-19-11-16(21)20-14-7-5-12(9-18)6-8-14/h1-8,19H,10-11H2,(H,20,21). The van der Waals surface area contributed by atoms with Gasteiger partial charge < -0.3 is 10.6 Å². The van der Waals surface area contributed by atoms with Crippen LogP contribution in [-0.2, 0) is 11.3 Å². The molecule has 0 unspecified atom stereocenters. The Morgan fingerprint density at radius 3 is 2.52 bits per heavy atom. The zero-order valence-corrected chi connectivity index (χ0v) is 11.3.